The molecule has 31 heavy (non-hydrogen) atoms. The Morgan fingerprint density at radius 3 is 2.77 bits per heavy atom. The first-order chi connectivity index (χ1) is 15.3. The second-order valence-electron chi connectivity index (χ2n) is 7.88. The number of carbonyl (C=O) groups is 1. The molecule has 2 fully saturated rings. The van der Waals surface area contributed by atoms with E-state index in [4.69, 9.17) is 9.47 Å². The van der Waals surface area contributed by atoms with Crippen LogP contribution in [0.3, 0.4) is 0 Å². The van der Waals surface area contributed by atoms with Crippen molar-refractivity contribution < 1.29 is 14.3 Å². The fraction of sp³-hybridized carbons (Fsp3) is 0.591. The first-order valence-electron chi connectivity index (χ1n) is 11.2. The van der Waals surface area contributed by atoms with Crippen LogP contribution >= 0.6 is 11.8 Å². The summed E-state index contributed by atoms with van der Waals surface area (Å²) in [4.78, 5) is 14.6. The van der Waals surface area contributed by atoms with E-state index >= 15 is 0 Å². The first kappa shape index (κ1) is 22.0. The number of rotatable bonds is 10. The van der Waals surface area contributed by atoms with Gasteiger partial charge in [-0.3, -0.25) is 9.36 Å². The zero-order valence-electron chi connectivity index (χ0n) is 17.9. The highest BCUT2D eigenvalue weighted by Gasteiger charge is 2.25. The van der Waals surface area contributed by atoms with Crippen molar-refractivity contribution in [3.8, 4) is 5.75 Å². The molecule has 0 spiro atoms. The smallest absolute Gasteiger partial charge is 0.230 e. The van der Waals surface area contributed by atoms with Crippen LogP contribution in [0.2, 0.25) is 0 Å². The summed E-state index contributed by atoms with van der Waals surface area (Å²) in [7, 11) is 0. The Kier molecular flexibility index (Phi) is 8.06. The molecule has 9 heteroatoms. The molecule has 2 aliphatic rings. The number of nitrogens with one attached hydrogen (secondary N) is 1. The molecule has 2 saturated heterocycles. The second-order valence-corrected chi connectivity index (χ2v) is 8.82. The summed E-state index contributed by atoms with van der Waals surface area (Å²) in [5.74, 6) is 1.98. The van der Waals surface area contributed by atoms with Gasteiger partial charge in [0.15, 0.2) is 5.16 Å². The summed E-state index contributed by atoms with van der Waals surface area (Å²) in [5, 5.41) is 12.6. The van der Waals surface area contributed by atoms with Crippen molar-refractivity contribution in [1.29, 1.82) is 0 Å². The van der Waals surface area contributed by atoms with Gasteiger partial charge in [-0.25, -0.2) is 0 Å². The quantitative estimate of drug-likeness (QED) is 0.445. The van der Waals surface area contributed by atoms with Gasteiger partial charge < -0.3 is 19.7 Å². The van der Waals surface area contributed by atoms with Gasteiger partial charge in [-0.2, -0.15) is 0 Å². The minimum Gasteiger partial charge on any atom is -0.492 e. The lowest BCUT2D eigenvalue weighted by molar-refractivity contribution is -0.118. The van der Waals surface area contributed by atoms with Crippen LogP contribution in [0.15, 0.2) is 35.5 Å². The number of hydrogen-bond acceptors (Lipinski definition) is 7. The number of hydrogen-bond donors (Lipinski definition) is 1. The summed E-state index contributed by atoms with van der Waals surface area (Å²) < 4.78 is 13.6. The molecule has 4 rings (SSSR count). The SMILES string of the molecule is O=C(CSc1nnc(N2CCCCC2)n1CC1CCCO1)NCCOc1ccccc1. The van der Waals surface area contributed by atoms with Gasteiger partial charge >= 0.3 is 0 Å². The minimum atomic E-state index is -0.0344. The molecule has 0 saturated carbocycles. The highest BCUT2D eigenvalue weighted by atomic mass is 32.2. The summed E-state index contributed by atoms with van der Waals surface area (Å²) in [5.41, 5.74) is 0. The molecule has 3 heterocycles. The molecule has 1 unspecified atom stereocenters. The van der Waals surface area contributed by atoms with Crippen LogP contribution in [0.25, 0.3) is 0 Å². The van der Waals surface area contributed by atoms with E-state index in [1.165, 1.54) is 31.0 Å². The topological polar surface area (TPSA) is 81.5 Å². The molecule has 1 aromatic heterocycles. The molecule has 0 radical (unpaired) electrons. The van der Waals surface area contributed by atoms with Crippen molar-refractivity contribution in [2.45, 2.75) is 49.9 Å². The van der Waals surface area contributed by atoms with Crippen molar-refractivity contribution in [1.82, 2.24) is 20.1 Å². The predicted molar refractivity (Wildman–Crippen MR) is 121 cm³/mol. The van der Waals surface area contributed by atoms with Crippen molar-refractivity contribution in [2.24, 2.45) is 0 Å². The van der Waals surface area contributed by atoms with Crippen LogP contribution in [0.4, 0.5) is 5.95 Å². The van der Waals surface area contributed by atoms with E-state index in [0.29, 0.717) is 18.9 Å². The lowest BCUT2D eigenvalue weighted by atomic mass is 10.1. The van der Waals surface area contributed by atoms with Gasteiger partial charge in [-0.1, -0.05) is 30.0 Å². The zero-order valence-corrected chi connectivity index (χ0v) is 18.7. The van der Waals surface area contributed by atoms with Crippen molar-refractivity contribution >= 4 is 23.6 Å². The molecule has 8 nitrogen and oxygen atoms in total. The van der Waals surface area contributed by atoms with E-state index in [-0.39, 0.29) is 12.0 Å². The standard InChI is InChI=1S/C22H31N5O3S/c28-20(23-11-15-30-18-8-3-1-4-9-18)17-31-22-25-24-21(26-12-5-2-6-13-26)27(22)16-19-10-7-14-29-19/h1,3-4,8-9,19H,2,5-7,10-17H2,(H,23,28). The van der Waals surface area contributed by atoms with Gasteiger partial charge in [-0.15, -0.1) is 10.2 Å². The Bertz CT molecular complexity index is 820. The number of anilines is 1. The number of benzene rings is 1. The molecule has 2 aromatic rings. The van der Waals surface area contributed by atoms with Crippen molar-refractivity contribution in [3.05, 3.63) is 30.3 Å². The molecule has 1 amide bonds. The maximum absolute atomic E-state index is 12.3. The Morgan fingerprint density at radius 2 is 2.00 bits per heavy atom. The molecule has 1 aromatic carbocycles. The molecule has 0 aliphatic carbocycles. The number of aromatic nitrogens is 3. The van der Waals surface area contributed by atoms with Crippen molar-refractivity contribution in [2.75, 3.05) is 43.5 Å². The minimum absolute atomic E-state index is 0.0344. The van der Waals surface area contributed by atoms with Crippen molar-refractivity contribution in [3.63, 3.8) is 0 Å². The number of amides is 1. The Hall–Kier alpha value is -2.26. The predicted octanol–water partition coefficient (Wildman–Crippen LogP) is 2.73. The van der Waals surface area contributed by atoms with E-state index in [9.17, 15) is 4.79 Å². The third kappa shape index (κ3) is 6.36. The maximum atomic E-state index is 12.3. The van der Waals surface area contributed by atoms with Crippen LogP contribution in [0.1, 0.15) is 32.1 Å². The average molecular weight is 446 g/mol. The number of para-hydroxylation sites is 1. The Morgan fingerprint density at radius 1 is 1.16 bits per heavy atom. The molecular weight excluding hydrogens is 414 g/mol. The lowest BCUT2D eigenvalue weighted by Gasteiger charge is -2.28. The van der Waals surface area contributed by atoms with E-state index in [2.05, 4.69) is 25.0 Å². The zero-order chi connectivity index (χ0) is 21.3. The first-order valence-corrected chi connectivity index (χ1v) is 12.2. The monoisotopic (exact) mass is 445 g/mol. The third-order valence-electron chi connectivity index (χ3n) is 5.51. The Balaban J connectivity index is 1.29. The third-order valence-corrected chi connectivity index (χ3v) is 6.48. The van der Waals surface area contributed by atoms with Gasteiger partial charge in [0.05, 0.1) is 24.9 Å². The molecule has 1 N–H and O–H groups in total. The largest absolute Gasteiger partial charge is 0.492 e. The van der Waals surface area contributed by atoms with E-state index in [0.717, 1.165) is 55.9 Å². The molecule has 168 valence electrons. The number of carbonyl (C=O) groups excluding carboxylic acids is 1. The normalized spacial score (nSPS) is 18.8. The highest BCUT2D eigenvalue weighted by molar-refractivity contribution is 7.99. The molecule has 2 aliphatic heterocycles. The van der Waals surface area contributed by atoms with Gasteiger partial charge in [0.1, 0.15) is 12.4 Å². The maximum Gasteiger partial charge on any atom is 0.230 e. The molecule has 1 atom stereocenters. The highest BCUT2D eigenvalue weighted by Crippen LogP contribution is 2.26. The fourth-order valence-corrected chi connectivity index (χ4v) is 4.70. The number of nitrogens with zero attached hydrogens (tertiary/aromatic N) is 4. The summed E-state index contributed by atoms with van der Waals surface area (Å²) in [6.45, 7) is 4.49. The Labute approximate surface area is 187 Å². The summed E-state index contributed by atoms with van der Waals surface area (Å²) >= 11 is 1.43. The van der Waals surface area contributed by atoms with Crippen LogP contribution in [-0.4, -0.2) is 65.4 Å². The van der Waals surface area contributed by atoms with Crippen LogP contribution < -0.4 is 15.0 Å². The van der Waals surface area contributed by atoms with E-state index < -0.39 is 0 Å². The summed E-state index contributed by atoms with van der Waals surface area (Å²) in [6.07, 6.45) is 5.99. The van der Waals surface area contributed by atoms with Gasteiger partial charge in [0.25, 0.3) is 0 Å². The summed E-state index contributed by atoms with van der Waals surface area (Å²) in [6, 6.07) is 9.60. The van der Waals surface area contributed by atoms with Crippen LogP contribution in [0.5, 0.6) is 5.75 Å². The number of ether oxygens (including phenoxy) is 2. The van der Waals surface area contributed by atoms with E-state index in [1.54, 1.807) is 0 Å². The lowest BCUT2D eigenvalue weighted by Crippen LogP contribution is -2.33. The number of piperidine rings is 1. The van der Waals surface area contributed by atoms with Gasteiger partial charge in [0, 0.05) is 19.7 Å². The average Bonchev–Trinajstić information content (AvgIpc) is 3.47. The second kappa shape index (κ2) is 11.4. The fourth-order valence-electron chi connectivity index (χ4n) is 3.92. The number of thioether (sulfide) groups is 1. The van der Waals surface area contributed by atoms with Gasteiger partial charge in [0.2, 0.25) is 11.9 Å². The molecular formula is C22H31N5O3S. The van der Waals surface area contributed by atoms with Crippen LogP contribution in [0, 0.1) is 0 Å². The van der Waals surface area contributed by atoms with Gasteiger partial charge in [-0.05, 0) is 44.2 Å². The van der Waals surface area contributed by atoms with E-state index in [1.807, 2.05) is 30.3 Å². The molecule has 0 bridgehead atoms. The van der Waals surface area contributed by atoms with Crippen LogP contribution in [-0.2, 0) is 16.1 Å².